The average molecular weight is 422 g/mol. The van der Waals surface area contributed by atoms with Crippen LogP contribution in [0.15, 0.2) is 16.6 Å². The van der Waals surface area contributed by atoms with Crippen LogP contribution >= 0.6 is 24.0 Å². The molecular weight excluding hydrogens is 387 g/mol. The number of halogens is 1. The fourth-order valence-electron chi connectivity index (χ4n) is 2.41. The summed E-state index contributed by atoms with van der Waals surface area (Å²) in [5, 5.41) is 10.2. The SMILES string of the molecule is CCNC(=NCCNC(C)(C)C)NCCC1=CCCCC1.I. The molecule has 1 aliphatic carbocycles. The van der Waals surface area contributed by atoms with E-state index in [4.69, 9.17) is 0 Å². The van der Waals surface area contributed by atoms with E-state index in [9.17, 15) is 0 Å². The normalized spacial score (nSPS) is 15.8. The van der Waals surface area contributed by atoms with E-state index in [2.05, 4.69) is 54.7 Å². The highest BCUT2D eigenvalue weighted by molar-refractivity contribution is 14.0. The summed E-state index contributed by atoms with van der Waals surface area (Å²) < 4.78 is 0. The van der Waals surface area contributed by atoms with Gasteiger partial charge in [-0.2, -0.15) is 0 Å². The van der Waals surface area contributed by atoms with Crippen LogP contribution in [0.5, 0.6) is 0 Å². The lowest BCUT2D eigenvalue weighted by Crippen LogP contribution is -2.40. The summed E-state index contributed by atoms with van der Waals surface area (Å²) >= 11 is 0. The first-order chi connectivity index (χ1) is 10.0. The molecule has 0 aromatic heterocycles. The minimum atomic E-state index is 0. The van der Waals surface area contributed by atoms with Crippen LogP contribution in [0.1, 0.15) is 59.8 Å². The molecule has 22 heavy (non-hydrogen) atoms. The van der Waals surface area contributed by atoms with Gasteiger partial charge in [0.05, 0.1) is 6.54 Å². The molecule has 0 unspecified atom stereocenters. The molecule has 1 aliphatic rings. The van der Waals surface area contributed by atoms with Gasteiger partial charge in [0.25, 0.3) is 0 Å². The molecule has 0 heterocycles. The third-order valence-corrected chi connectivity index (χ3v) is 3.50. The van der Waals surface area contributed by atoms with Crippen molar-refractivity contribution < 1.29 is 0 Å². The van der Waals surface area contributed by atoms with Crippen LogP contribution in [0.4, 0.5) is 0 Å². The molecule has 0 radical (unpaired) electrons. The summed E-state index contributed by atoms with van der Waals surface area (Å²) in [6.45, 7) is 12.2. The fraction of sp³-hybridized carbons (Fsp3) is 0.824. The van der Waals surface area contributed by atoms with Gasteiger partial charge in [0, 0.05) is 25.2 Å². The van der Waals surface area contributed by atoms with E-state index < -0.39 is 0 Å². The Hall–Kier alpha value is -0.300. The highest BCUT2D eigenvalue weighted by atomic mass is 127. The van der Waals surface area contributed by atoms with Crippen molar-refractivity contribution in [2.24, 2.45) is 4.99 Å². The Balaban J connectivity index is 0.00000441. The molecule has 0 spiro atoms. The van der Waals surface area contributed by atoms with Crippen molar-refractivity contribution in [1.29, 1.82) is 0 Å². The topological polar surface area (TPSA) is 48.5 Å². The van der Waals surface area contributed by atoms with Gasteiger partial charge in [0.2, 0.25) is 0 Å². The van der Waals surface area contributed by atoms with Gasteiger partial charge in [-0.1, -0.05) is 11.6 Å². The lowest BCUT2D eigenvalue weighted by Gasteiger charge is -2.20. The zero-order chi connectivity index (χ0) is 15.6. The molecule has 0 aromatic rings. The second-order valence-corrected chi connectivity index (χ2v) is 6.72. The van der Waals surface area contributed by atoms with Gasteiger partial charge in [0.15, 0.2) is 5.96 Å². The molecule has 0 amide bonds. The van der Waals surface area contributed by atoms with E-state index in [0.717, 1.165) is 38.6 Å². The van der Waals surface area contributed by atoms with Crippen LogP contribution < -0.4 is 16.0 Å². The Labute approximate surface area is 154 Å². The van der Waals surface area contributed by atoms with E-state index >= 15 is 0 Å². The van der Waals surface area contributed by atoms with E-state index in [1.54, 1.807) is 5.57 Å². The van der Waals surface area contributed by atoms with Gasteiger partial charge >= 0.3 is 0 Å². The van der Waals surface area contributed by atoms with E-state index in [1.807, 2.05) is 0 Å². The number of hydrogen-bond acceptors (Lipinski definition) is 2. The molecule has 1 rings (SSSR count). The molecule has 0 saturated carbocycles. The van der Waals surface area contributed by atoms with Crippen LogP contribution in [0.25, 0.3) is 0 Å². The summed E-state index contributed by atoms with van der Waals surface area (Å²) in [5.74, 6) is 0.935. The van der Waals surface area contributed by atoms with E-state index in [1.165, 1.54) is 25.7 Å². The zero-order valence-electron chi connectivity index (χ0n) is 14.8. The first-order valence-electron chi connectivity index (χ1n) is 8.46. The first kappa shape index (κ1) is 21.7. The van der Waals surface area contributed by atoms with Gasteiger partial charge in [0.1, 0.15) is 0 Å². The number of hydrogen-bond donors (Lipinski definition) is 3. The number of aliphatic imine (C=N–C) groups is 1. The molecule has 4 nitrogen and oxygen atoms in total. The van der Waals surface area contributed by atoms with Crippen molar-refractivity contribution in [3.8, 4) is 0 Å². The molecular formula is C17H35IN4. The monoisotopic (exact) mass is 422 g/mol. The number of nitrogens with one attached hydrogen (secondary N) is 3. The molecule has 0 saturated heterocycles. The van der Waals surface area contributed by atoms with Crippen LogP contribution in [0.3, 0.4) is 0 Å². The quantitative estimate of drug-likeness (QED) is 0.194. The first-order valence-corrected chi connectivity index (χ1v) is 8.46. The van der Waals surface area contributed by atoms with Crippen molar-refractivity contribution in [3.63, 3.8) is 0 Å². The lowest BCUT2D eigenvalue weighted by atomic mass is 9.97. The van der Waals surface area contributed by atoms with Crippen molar-refractivity contribution in [3.05, 3.63) is 11.6 Å². The van der Waals surface area contributed by atoms with Crippen LogP contribution in [0, 0.1) is 0 Å². The lowest BCUT2D eigenvalue weighted by molar-refractivity contribution is 0.432. The molecule has 130 valence electrons. The van der Waals surface area contributed by atoms with Crippen molar-refractivity contribution in [1.82, 2.24) is 16.0 Å². The number of rotatable bonds is 7. The predicted octanol–water partition coefficient (Wildman–Crippen LogP) is 3.44. The molecule has 0 aliphatic heterocycles. The minimum Gasteiger partial charge on any atom is -0.357 e. The molecule has 0 aromatic carbocycles. The smallest absolute Gasteiger partial charge is 0.191 e. The zero-order valence-corrected chi connectivity index (χ0v) is 17.1. The van der Waals surface area contributed by atoms with E-state index in [0.29, 0.717) is 0 Å². The Morgan fingerprint density at radius 2 is 1.95 bits per heavy atom. The Morgan fingerprint density at radius 3 is 2.55 bits per heavy atom. The average Bonchev–Trinajstić information content (AvgIpc) is 2.43. The third-order valence-electron chi connectivity index (χ3n) is 3.50. The van der Waals surface area contributed by atoms with Crippen molar-refractivity contribution >= 4 is 29.9 Å². The summed E-state index contributed by atoms with van der Waals surface area (Å²) in [6.07, 6.45) is 8.83. The van der Waals surface area contributed by atoms with Crippen molar-refractivity contribution in [2.75, 3.05) is 26.2 Å². The van der Waals surface area contributed by atoms with Gasteiger partial charge in [-0.15, -0.1) is 24.0 Å². The molecule has 5 heteroatoms. The Bertz CT molecular complexity index is 345. The predicted molar refractivity (Wildman–Crippen MR) is 108 cm³/mol. The fourth-order valence-corrected chi connectivity index (χ4v) is 2.41. The molecule has 0 bridgehead atoms. The number of guanidine groups is 1. The Kier molecular flexibility index (Phi) is 12.0. The molecule has 3 N–H and O–H groups in total. The van der Waals surface area contributed by atoms with Crippen LogP contribution in [0.2, 0.25) is 0 Å². The van der Waals surface area contributed by atoms with Crippen molar-refractivity contribution in [2.45, 2.75) is 65.3 Å². The van der Waals surface area contributed by atoms with Crippen LogP contribution in [-0.4, -0.2) is 37.7 Å². The minimum absolute atomic E-state index is 0. The molecule has 0 fully saturated rings. The summed E-state index contributed by atoms with van der Waals surface area (Å²) in [6, 6.07) is 0. The summed E-state index contributed by atoms with van der Waals surface area (Å²) in [4.78, 5) is 4.61. The maximum atomic E-state index is 4.61. The number of allylic oxidation sites excluding steroid dienone is 1. The van der Waals surface area contributed by atoms with Gasteiger partial charge in [-0.05, 0) is 59.8 Å². The van der Waals surface area contributed by atoms with Gasteiger partial charge in [-0.3, -0.25) is 4.99 Å². The second kappa shape index (κ2) is 12.2. The highest BCUT2D eigenvalue weighted by Crippen LogP contribution is 2.19. The maximum absolute atomic E-state index is 4.61. The largest absolute Gasteiger partial charge is 0.357 e. The summed E-state index contributed by atoms with van der Waals surface area (Å²) in [7, 11) is 0. The van der Waals surface area contributed by atoms with Gasteiger partial charge in [-0.25, -0.2) is 0 Å². The summed E-state index contributed by atoms with van der Waals surface area (Å²) in [5.41, 5.74) is 1.77. The van der Waals surface area contributed by atoms with Gasteiger partial charge < -0.3 is 16.0 Å². The molecule has 0 atom stereocenters. The maximum Gasteiger partial charge on any atom is 0.191 e. The van der Waals surface area contributed by atoms with Crippen LogP contribution in [-0.2, 0) is 0 Å². The second-order valence-electron chi connectivity index (χ2n) is 6.72. The standard InChI is InChI=1S/C17H34N4.HI/c1-5-18-16(20-13-14-21-17(2,3)4)19-12-11-15-9-7-6-8-10-15;/h9,21H,5-8,10-14H2,1-4H3,(H2,18,19,20);1H. The Morgan fingerprint density at radius 1 is 1.18 bits per heavy atom. The van der Waals surface area contributed by atoms with E-state index in [-0.39, 0.29) is 29.5 Å². The highest BCUT2D eigenvalue weighted by Gasteiger charge is 2.07. The number of nitrogens with zero attached hydrogens (tertiary/aromatic N) is 1. The third kappa shape index (κ3) is 11.3.